The molecule has 1 aromatic heterocycles. The maximum Gasteiger partial charge on any atom is 0.159 e. The van der Waals surface area contributed by atoms with Crippen molar-refractivity contribution in [3.63, 3.8) is 0 Å². The van der Waals surface area contributed by atoms with Crippen LogP contribution in [0.5, 0.6) is 0 Å². The predicted molar refractivity (Wildman–Crippen MR) is 115 cm³/mol. The fourth-order valence-corrected chi connectivity index (χ4v) is 4.39. The van der Waals surface area contributed by atoms with Gasteiger partial charge in [-0.15, -0.1) is 0 Å². The second-order valence-corrected chi connectivity index (χ2v) is 8.30. The minimum Gasteiger partial charge on any atom is -0.236 e. The molecule has 0 spiro atoms. The van der Waals surface area contributed by atoms with Crippen molar-refractivity contribution in [2.24, 2.45) is 5.92 Å². The van der Waals surface area contributed by atoms with Gasteiger partial charge in [0, 0.05) is 18.0 Å². The molecule has 1 aliphatic rings. The Hall–Kier alpha value is -2.21. The zero-order valence-corrected chi connectivity index (χ0v) is 17.2. The SMILES string of the molecule is CCCCCCCCC1CCC(c2cnc(-c3ccc(C#N)cc3)nc2)CC1. The van der Waals surface area contributed by atoms with E-state index in [0.717, 1.165) is 17.3 Å². The molecule has 0 bridgehead atoms. The average molecular weight is 376 g/mol. The number of benzene rings is 1. The van der Waals surface area contributed by atoms with E-state index in [1.165, 1.54) is 76.2 Å². The van der Waals surface area contributed by atoms with Gasteiger partial charge >= 0.3 is 0 Å². The van der Waals surface area contributed by atoms with Gasteiger partial charge in [-0.1, -0.05) is 51.9 Å². The normalized spacial score (nSPS) is 19.3. The molecule has 1 heterocycles. The second kappa shape index (κ2) is 11.0. The molecule has 1 fully saturated rings. The highest BCUT2D eigenvalue weighted by Crippen LogP contribution is 2.37. The molecule has 3 rings (SSSR count). The summed E-state index contributed by atoms with van der Waals surface area (Å²) in [6.45, 7) is 2.28. The molecule has 28 heavy (non-hydrogen) atoms. The minimum atomic E-state index is 0.621. The molecule has 3 heteroatoms. The average Bonchev–Trinajstić information content (AvgIpc) is 2.77. The first-order valence-corrected chi connectivity index (χ1v) is 11.1. The number of hydrogen-bond acceptors (Lipinski definition) is 3. The molecule has 0 N–H and O–H groups in total. The summed E-state index contributed by atoms with van der Waals surface area (Å²) < 4.78 is 0. The molecular formula is C25H33N3. The third-order valence-corrected chi connectivity index (χ3v) is 6.23. The Balaban J connectivity index is 1.43. The van der Waals surface area contributed by atoms with Crippen molar-refractivity contribution < 1.29 is 0 Å². The fourth-order valence-electron chi connectivity index (χ4n) is 4.39. The van der Waals surface area contributed by atoms with Gasteiger partial charge in [0.2, 0.25) is 0 Å². The highest BCUT2D eigenvalue weighted by atomic mass is 14.9. The lowest BCUT2D eigenvalue weighted by molar-refractivity contribution is 0.301. The summed E-state index contributed by atoms with van der Waals surface area (Å²) in [7, 11) is 0. The monoisotopic (exact) mass is 375 g/mol. The Morgan fingerprint density at radius 3 is 2.18 bits per heavy atom. The maximum atomic E-state index is 8.91. The molecule has 0 atom stereocenters. The molecule has 1 aliphatic carbocycles. The number of hydrogen-bond donors (Lipinski definition) is 0. The van der Waals surface area contributed by atoms with Crippen LogP contribution in [0.1, 0.15) is 94.6 Å². The highest BCUT2D eigenvalue weighted by Gasteiger charge is 2.22. The van der Waals surface area contributed by atoms with Gasteiger partial charge in [-0.3, -0.25) is 0 Å². The molecule has 0 unspecified atom stereocenters. The van der Waals surface area contributed by atoms with Crippen LogP contribution in [0.25, 0.3) is 11.4 Å². The van der Waals surface area contributed by atoms with Gasteiger partial charge in [-0.05, 0) is 67.3 Å². The predicted octanol–water partition coefficient (Wildman–Crippen LogP) is 7.04. The van der Waals surface area contributed by atoms with Crippen LogP contribution in [0.15, 0.2) is 36.7 Å². The molecule has 0 aliphatic heterocycles. The molecule has 1 saturated carbocycles. The van der Waals surface area contributed by atoms with Crippen molar-refractivity contribution in [2.75, 3.05) is 0 Å². The van der Waals surface area contributed by atoms with Crippen LogP contribution >= 0.6 is 0 Å². The summed E-state index contributed by atoms with van der Waals surface area (Å²) in [5.74, 6) is 2.29. The van der Waals surface area contributed by atoms with Crippen LogP contribution in [0.3, 0.4) is 0 Å². The second-order valence-electron chi connectivity index (χ2n) is 8.30. The van der Waals surface area contributed by atoms with E-state index in [1.54, 1.807) is 0 Å². The lowest BCUT2D eigenvalue weighted by Gasteiger charge is -2.28. The third-order valence-electron chi connectivity index (χ3n) is 6.23. The van der Waals surface area contributed by atoms with Gasteiger partial charge in [-0.25, -0.2) is 9.97 Å². The standard InChI is InChI=1S/C25H33N3/c1-2-3-4-5-6-7-8-20-9-13-22(14-10-20)24-18-27-25(28-19-24)23-15-11-21(17-26)12-16-23/h11-12,15-16,18-20,22H,2-10,13-14H2,1H3. The van der Waals surface area contributed by atoms with Crippen LogP contribution in [-0.2, 0) is 0 Å². The topological polar surface area (TPSA) is 49.6 Å². The number of nitriles is 1. The zero-order chi connectivity index (χ0) is 19.6. The van der Waals surface area contributed by atoms with Gasteiger partial charge in [0.25, 0.3) is 0 Å². The lowest BCUT2D eigenvalue weighted by Crippen LogP contribution is -2.14. The summed E-state index contributed by atoms with van der Waals surface area (Å²) in [5, 5.41) is 8.91. The van der Waals surface area contributed by atoms with Crippen molar-refractivity contribution in [3.8, 4) is 17.5 Å². The molecule has 2 aromatic rings. The summed E-state index contributed by atoms with van der Waals surface area (Å²) in [6.07, 6.45) is 19.1. The summed E-state index contributed by atoms with van der Waals surface area (Å²) in [4.78, 5) is 9.18. The Labute approximate surface area is 170 Å². The van der Waals surface area contributed by atoms with Gasteiger partial charge in [0.05, 0.1) is 11.6 Å². The van der Waals surface area contributed by atoms with Gasteiger partial charge in [-0.2, -0.15) is 5.26 Å². The van der Waals surface area contributed by atoms with Crippen molar-refractivity contribution in [1.82, 2.24) is 9.97 Å². The van der Waals surface area contributed by atoms with Crippen molar-refractivity contribution in [2.45, 2.75) is 83.5 Å². The molecule has 3 nitrogen and oxygen atoms in total. The van der Waals surface area contributed by atoms with E-state index in [-0.39, 0.29) is 0 Å². The van der Waals surface area contributed by atoms with Crippen LogP contribution in [0, 0.1) is 17.2 Å². The van der Waals surface area contributed by atoms with E-state index in [2.05, 4.69) is 23.0 Å². The third kappa shape index (κ3) is 5.89. The molecule has 1 aromatic carbocycles. The van der Waals surface area contributed by atoms with Crippen molar-refractivity contribution in [1.29, 1.82) is 5.26 Å². The van der Waals surface area contributed by atoms with Crippen LogP contribution in [0.4, 0.5) is 0 Å². The fraction of sp³-hybridized carbons (Fsp3) is 0.560. The van der Waals surface area contributed by atoms with Crippen LogP contribution in [-0.4, -0.2) is 9.97 Å². The molecule has 0 radical (unpaired) electrons. The Kier molecular flexibility index (Phi) is 8.03. The smallest absolute Gasteiger partial charge is 0.159 e. The number of nitrogens with zero attached hydrogens (tertiary/aromatic N) is 3. The molecule has 148 valence electrons. The first-order valence-electron chi connectivity index (χ1n) is 11.1. The zero-order valence-electron chi connectivity index (χ0n) is 17.2. The summed E-state index contributed by atoms with van der Waals surface area (Å²) in [5.41, 5.74) is 2.92. The lowest BCUT2D eigenvalue weighted by atomic mass is 9.77. The summed E-state index contributed by atoms with van der Waals surface area (Å²) >= 11 is 0. The van der Waals surface area contributed by atoms with Gasteiger partial charge in [0.1, 0.15) is 0 Å². The Morgan fingerprint density at radius 1 is 0.893 bits per heavy atom. The first-order chi connectivity index (χ1) is 13.8. The van der Waals surface area contributed by atoms with Crippen molar-refractivity contribution in [3.05, 3.63) is 47.8 Å². The van der Waals surface area contributed by atoms with E-state index in [9.17, 15) is 0 Å². The van der Waals surface area contributed by atoms with Crippen LogP contribution < -0.4 is 0 Å². The number of unbranched alkanes of at least 4 members (excludes halogenated alkanes) is 5. The highest BCUT2D eigenvalue weighted by molar-refractivity contribution is 5.56. The van der Waals surface area contributed by atoms with E-state index in [4.69, 9.17) is 5.26 Å². The number of aromatic nitrogens is 2. The minimum absolute atomic E-state index is 0.621. The van der Waals surface area contributed by atoms with Gasteiger partial charge in [0.15, 0.2) is 5.82 Å². The van der Waals surface area contributed by atoms with Gasteiger partial charge < -0.3 is 0 Å². The maximum absolute atomic E-state index is 8.91. The largest absolute Gasteiger partial charge is 0.236 e. The van der Waals surface area contributed by atoms with E-state index in [1.807, 2.05) is 36.7 Å². The first kappa shape index (κ1) is 20.5. The number of rotatable bonds is 9. The molecule has 0 saturated heterocycles. The molecule has 0 amide bonds. The Bertz CT molecular complexity index is 735. The quantitative estimate of drug-likeness (QED) is 0.442. The van der Waals surface area contributed by atoms with Crippen molar-refractivity contribution >= 4 is 0 Å². The van der Waals surface area contributed by atoms with E-state index in [0.29, 0.717) is 11.5 Å². The van der Waals surface area contributed by atoms with E-state index >= 15 is 0 Å². The van der Waals surface area contributed by atoms with E-state index < -0.39 is 0 Å². The summed E-state index contributed by atoms with van der Waals surface area (Å²) in [6, 6.07) is 9.61. The molecular weight excluding hydrogens is 342 g/mol. The van der Waals surface area contributed by atoms with Crippen LogP contribution in [0.2, 0.25) is 0 Å². The Morgan fingerprint density at radius 2 is 1.54 bits per heavy atom.